The van der Waals surface area contributed by atoms with Crippen molar-refractivity contribution in [3.63, 3.8) is 0 Å². The largest absolute Gasteiger partial charge is 0.381 e. The first kappa shape index (κ1) is 23.7. The van der Waals surface area contributed by atoms with Crippen molar-refractivity contribution < 1.29 is 4.74 Å². The number of halogens is 1. The maximum atomic E-state index is 5.46. The number of guanidine groups is 1. The Hall–Kier alpha value is -1.61. The van der Waals surface area contributed by atoms with Crippen LogP contribution in [0.15, 0.2) is 41.4 Å². The summed E-state index contributed by atoms with van der Waals surface area (Å²) in [6.45, 7) is 7.30. The molecule has 0 spiro atoms. The number of hydrogen-bond donors (Lipinski definition) is 2. The topological polar surface area (TPSA) is 61.8 Å². The summed E-state index contributed by atoms with van der Waals surface area (Å²) in [6, 6.07) is 12.3. The molecule has 1 aliphatic heterocycles. The Morgan fingerprint density at radius 1 is 1.21 bits per heavy atom. The van der Waals surface area contributed by atoms with E-state index < -0.39 is 0 Å². The first-order valence-electron chi connectivity index (χ1n) is 10.4. The number of rotatable bonds is 8. The molecule has 3 rings (SSSR count). The van der Waals surface area contributed by atoms with E-state index in [2.05, 4.69) is 46.6 Å². The van der Waals surface area contributed by atoms with Crippen LogP contribution in [-0.2, 0) is 4.74 Å². The van der Waals surface area contributed by atoms with E-state index in [0.717, 1.165) is 61.4 Å². The number of para-hydroxylation sites is 1. The Morgan fingerprint density at radius 2 is 2.00 bits per heavy atom. The van der Waals surface area contributed by atoms with Crippen molar-refractivity contribution in [3.05, 3.63) is 36.4 Å². The van der Waals surface area contributed by atoms with Crippen LogP contribution in [0.4, 0.5) is 5.82 Å². The number of benzene rings is 1. The molecule has 0 aliphatic carbocycles. The highest BCUT2D eigenvalue weighted by atomic mass is 127. The lowest BCUT2D eigenvalue weighted by atomic mass is 9.96. The monoisotopic (exact) mass is 511 g/mol. The zero-order valence-corrected chi connectivity index (χ0v) is 19.9. The Labute approximate surface area is 191 Å². The van der Waals surface area contributed by atoms with Crippen molar-refractivity contribution >= 4 is 46.7 Å². The Kier molecular flexibility index (Phi) is 10.5. The molecule has 0 radical (unpaired) electrons. The lowest BCUT2D eigenvalue weighted by molar-refractivity contribution is 0.0625. The summed E-state index contributed by atoms with van der Waals surface area (Å²) in [5.74, 6) is 2.65. The summed E-state index contributed by atoms with van der Waals surface area (Å²) in [7, 11) is 2.12. The van der Waals surface area contributed by atoms with E-state index in [1.165, 1.54) is 19.3 Å². The Morgan fingerprint density at radius 3 is 2.79 bits per heavy atom. The standard InChI is InChI=1S/C22H33N5O.HI/c1-3-23-22(27(2)15-10-18-11-16-28-17-12-18)25-14-13-24-21-9-8-19-6-4-5-7-20(19)26-21;/h4-9,18H,3,10-17H2,1-2H3,(H,23,25)(H,24,26);1H. The molecule has 160 valence electrons. The second-order valence-corrected chi connectivity index (χ2v) is 7.32. The van der Waals surface area contributed by atoms with E-state index >= 15 is 0 Å². The van der Waals surface area contributed by atoms with E-state index in [1.807, 2.05) is 24.3 Å². The van der Waals surface area contributed by atoms with Gasteiger partial charge >= 0.3 is 0 Å². The summed E-state index contributed by atoms with van der Waals surface area (Å²) in [5.41, 5.74) is 1.01. The second-order valence-electron chi connectivity index (χ2n) is 7.32. The molecule has 0 unspecified atom stereocenters. The number of aromatic nitrogens is 1. The van der Waals surface area contributed by atoms with E-state index in [9.17, 15) is 0 Å². The van der Waals surface area contributed by atoms with Gasteiger partial charge in [0.1, 0.15) is 5.82 Å². The van der Waals surface area contributed by atoms with Crippen LogP contribution < -0.4 is 10.6 Å². The minimum Gasteiger partial charge on any atom is -0.381 e. The number of hydrogen-bond acceptors (Lipinski definition) is 4. The van der Waals surface area contributed by atoms with E-state index in [4.69, 9.17) is 9.73 Å². The van der Waals surface area contributed by atoms with Crippen LogP contribution in [0.25, 0.3) is 10.9 Å². The maximum absolute atomic E-state index is 5.46. The fraction of sp³-hybridized carbons (Fsp3) is 0.545. The third-order valence-electron chi connectivity index (χ3n) is 5.19. The molecule has 1 aromatic heterocycles. The van der Waals surface area contributed by atoms with Crippen molar-refractivity contribution in [2.75, 3.05) is 51.8 Å². The molecule has 6 nitrogen and oxygen atoms in total. The molecule has 29 heavy (non-hydrogen) atoms. The van der Waals surface area contributed by atoms with Crippen LogP contribution in [0, 0.1) is 5.92 Å². The summed E-state index contributed by atoms with van der Waals surface area (Å²) < 4.78 is 5.46. The molecule has 1 fully saturated rings. The van der Waals surface area contributed by atoms with Crippen LogP contribution in [0.3, 0.4) is 0 Å². The molecule has 1 aromatic carbocycles. The second kappa shape index (κ2) is 12.8. The number of aliphatic imine (C=N–C) groups is 1. The van der Waals surface area contributed by atoms with E-state index in [0.29, 0.717) is 6.54 Å². The molecule has 0 amide bonds. The van der Waals surface area contributed by atoms with Gasteiger partial charge in [-0.1, -0.05) is 18.2 Å². The van der Waals surface area contributed by atoms with Gasteiger partial charge in [0.05, 0.1) is 12.1 Å². The minimum atomic E-state index is 0. The third-order valence-corrected chi connectivity index (χ3v) is 5.19. The first-order chi connectivity index (χ1) is 13.8. The van der Waals surface area contributed by atoms with Gasteiger partial charge in [-0.2, -0.15) is 0 Å². The fourth-order valence-corrected chi connectivity index (χ4v) is 3.50. The van der Waals surface area contributed by atoms with Gasteiger partial charge < -0.3 is 20.3 Å². The average molecular weight is 511 g/mol. The SMILES string of the molecule is CCNC(=NCCNc1ccc2ccccc2n1)N(C)CCC1CCOCC1.I. The molecule has 0 bridgehead atoms. The van der Waals surface area contributed by atoms with Crippen molar-refractivity contribution in [1.29, 1.82) is 0 Å². The zero-order valence-electron chi connectivity index (χ0n) is 17.6. The van der Waals surface area contributed by atoms with Crippen molar-refractivity contribution in [3.8, 4) is 0 Å². The van der Waals surface area contributed by atoms with Crippen LogP contribution in [0.1, 0.15) is 26.2 Å². The molecule has 0 saturated carbocycles. The highest BCUT2D eigenvalue weighted by Gasteiger charge is 2.15. The lowest BCUT2D eigenvalue weighted by Gasteiger charge is -2.26. The Bertz CT molecular complexity index is 764. The molecule has 0 atom stereocenters. The lowest BCUT2D eigenvalue weighted by Crippen LogP contribution is -2.40. The molecular formula is C22H34IN5O. The van der Waals surface area contributed by atoms with Gasteiger partial charge in [-0.3, -0.25) is 4.99 Å². The van der Waals surface area contributed by atoms with Crippen LogP contribution in [-0.4, -0.2) is 62.3 Å². The van der Waals surface area contributed by atoms with Gasteiger partial charge in [0.2, 0.25) is 0 Å². The number of fused-ring (bicyclic) bond motifs is 1. The predicted octanol–water partition coefficient (Wildman–Crippen LogP) is 3.98. The van der Waals surface area contributed by atoms with Gasteiger partial charge in [-0.15, -0.1) is 24.0 Å². The van der Waals surface area contributed by atoms with Crippen LogP contribution >= 0.6 is 24.0 Å². The summed E-state index contributed by atoms with van der Waals surface area (Å²) in [4.78, 5) is 11.7. The molecule has 2 N–H and O–H groups in total. The molecule has 1 aliphatic rings. The highest BCUT2D eigenvalue weighted by Crippen LogP contribution is 2.18. The van der Waals surface area contributed by atoms with Gasteiger partial charge in [0.25, 0.3) is 0 Å². The van der Waals surface area contributed by atoms with Gasteiger partial charge in [0.15, 0.2) is 5.96 Å². The number of nitrogens with zero attached hydrogens (tertiary/aromatic N) is 3. The molecule has 2 heterocycles. The summed E-state index contributed by atoms with van der Waals surface area (Å²) in [6.07, 6.45) is 3.57. The van der Waals surface area contributed by atoms with Crippen LogP contribution in [0.5, 0.6) is 0 Å². The highest BCUT2D eigenvalue weighted by molar-refractivity contribution is 14.0. The molecule has 7 heteroatoms. The van der Waals surface area contributed by atoms with Gasteiger partial charge in [-0.05, 0) is 50.3 Å². The van der Waals surface area contributed by atoms with Crippen molar-refractivity contribution in [1.82, 2.24) is 15.2 Å². The third kappa shape index (κ3) is 7.62. The fourth-order valence-electron chi connectivity index (χ4n) is 3.50. The normalized spacial score (nSPS) is 15.0. The van der Waals surface area contributed by atoms with E-state index in [1.54, 1.807) is 0 Å². The number of nitrogens with one attached hydrogen (secondary N) is 2. The van der Waals surface area contributed by atoms with E-state index in [-0.39, 0.29) is 24.0 Å². The van der Waals surface area contributed by atoms with Crippen molar-refractivity contribution in [2.24, 2.45) is 10.9 Å². The Balaban J connectivity index is 0.00000300. The molecular weight excluding hydrogens is 477 g/mol. The summed E-state index contributed by atoms with van der Waals surface area (Å²) in [5, 5.41) is 7.94. The van der Waals surface area contributed by atoms with Crippen molar-refractivity contribution in [2.45, 2.75) is 26.2 Å². The number of pyridine rings is 1. The number of ether oxygens (including phenoxy) is 1. The first-order valence-corrected chi connectivity index (χ1v) is 10.4. The smallest absolute Gasteiger partial charge is 0.193 e. The zero-order chi connectivity index (χ0) is 19.6. The summed E-state index contributed by atoms with van der Waals surface area (Å²) >= 11 is 0. The van der Waals surface area contributed by atoms with Gasteiger partial charge in [-0.25, -0.2) is 4.98 Å². The number of anilines is 1. The predicted molar refractivity (Wildman–Crippen MR) is 132 cm³/mol. The quantitative estimate of drug-likeness (QED) is 0.243. The minimum absolute atomic E-state index is 0. The van der Waals surface area contributed by atoms with Gasteiger partial charge in [0, 0.05) is 45.3 Å². The average Bonchev–Trinajstić information content (AvgIpc) is 2.75. The molecule has 2 aromatic rings. The maximum Gasteiger partial charge on any atom is 0.193 e. The van der Waals surface area contributed by atoms with Crippen LogP contribution in [0.2, 0.25) is 0 Å². The molecule has 1 saturated heterocycles.